The molecule has 0 aliphatic rings. The van der Waals surface area contributed by atoms with Gasteiger partial charge in [0.15, 0.2) is 0 Å². The van der Waals surface area contributed by atoms with Gasteiger partial charge in [0.1, 0.15) is 12.3 Å². The number of nitro groups is 1. The predicted octanol–water partition coefficient (Wildman–Crippen LogP) is 4.26. The summed E-state index contributed by atoms with van der Waals surface area (Å²) in [6.07, 6.45) is 1.12. The normalized spacial score (nSPS) is 11.3. The molecule has 1 amide bonds. The standard InChI is InChI=1S/C22H18Cl2N4O6S/c1-34-19-7-9-20(10-8-19)35(32,33)27(17-4-2-16(23)3-5-17)14-22(29)26-25-13-15-12-18(28(30)31)6-11-21(15)24/h2-13H,14H2,1H3,(H,26,29)/b25-13-. The first-order chi connectivity index (χ1) is 16.6. The molecule has 0 spiro atoms. The van der Waals surface area contributed by atoms with Gasteiger partial charge in [-0.3, -0.25) is 19.2 Å². The van der Waals surface area contributed by atoms with Crippen molar-refractivity contribution in [2.24, 2.45) is 5.10 Å². The fraction of sp³-hybridized carbons (Fsp3) is 0.0909. The Balaban J connectivity index is 1.84. The average molecular weight is 537 g/mol. The maximum atomic E-state index is 13.3. The summed E-state index contributed by atoms with van der Waals surface area (Å²) in [6.45, 7) is -0.615. The van der Waals surface area contributed by atoms with Crippen LogP contribution in [0.1, 0.15) is 5.56 Å². The molecular formula is C22H18Cl2N4O6S. The van der Waals surface area contributed by atoms with Crippen LogP contribution in [0.4, 0.5) is 11.4 Å². The molecule has 0 heterocycles. The predicted molar refractivity (Wildman–Crippen MR) is 133 cm³/mol. The number of anilines is 1. The van der Waals surface area contributed by atoms with Gasteiger partial charge in [0.2, 0.25) is 0 Å². The minimum Gasteiger partial charge on any atom is -0.497 e. The number of nitro benzene ring substituents is 1. The van der Waals surface area contributed by atoms with Crippen molar-refractivity contribution in [3.63, 3.8) is 0 Å². The molecule has 0 aromatic heterocycles. The number of nitrogens with zero attached hydrogens (tertiary/aromatic N) is 3. The first kappa shape index (κ1) is 25.9. The number of methoxy groups -OCH3 is 1. The Morgan fingerprint density at radius 2 is 1.77 bits per heavy atom. The van der Waals surface area contributed by atoms with Gasteiger partial charge in [0.05, 0.1) is 28.8 Å². The molecule has 3 aromatic carbocycles. The second-order valence-electron chi connectivity index (χ2n) is 6.92. The van der Waals surface area contributed by atoms with Gasteiger partial charge in [-0.05, 0) is 54.6 Å². The topological polar surface area (TPSA) is 131 Å². The summed E-state index contributed by atoms with van der Waals surface area (Å²) in [4.78, 5) is 22.9. The van der Waals surface area contributed by atoms with Gasteiger partial charge in [0, 0.05) is 27.7 Å². The Morgan fingerprint density at radius 3 is 2.37 bits per heavy atom. The number of non-ortho nitro benzene ring substituents is 1. The molecule has 10 nitrogen and oxygen atoms in total. The smallest absolute Gasteiger partial charge is 0.270 e. The van der Waals surface area contributed by atoms with Crippen LogP contribution in [0.2, 0.25) is 10.0 Å². The Morgan fingerprint density at radius 1 is 1.11 bits per heavy atom. The Hall–Kier alpha value is -3.67. The highest BCUT2D eigenvalue weighted by Gasteiger charge is 2.27. The van der Waals surface area contributed by atoms with Crippen LogP contribution in [0.25, 0.3) is 0 Å². The molecule has 3 rings (SSSR count). The summed E-state index contributed by atoms with van der Waals surface area (Å²) in [6, 6.07) is 15.3. The Labute approximate surface area is 210 Å². The monoisotopic (exact) mass is 536 g/mol. The summed E-state index contributed by atoms with van der Waals surface area (Å²) in [5.41, 5.74) is 2.40. The van der Waals surface area contributed by atoms with Gasteiger partial charge < -0.3 is 4.74 Å². The molecule has 0 aliphatic heterocycles. The minimum atomic E-state index is -4.16. The summed E-state index contributed by atoms with van der Waals surface area (Å²) in [7, 11) is -2.71. The summed E-state index contributed by atoms with van der Waals surface area (Å²) < 4.78 is 32.7. The number of ether oxygens (including phenoxy) is 1. The third-order valence-electron chi connectivity index (χ3n) is 4.63. The molecule has 0 radical (unpaired) electrons. The molecule has 3 aromatic rings. The SMILES string of the molecule is COc1ccc(S(=O)(=O)N(CC(=O)N/N=C\c2cc([N+](=O)[O-])ccc2Cl)c2ccc(Cl)cc2)cc1. The van der Waals surface area contributed by atoms with E-state index in [1.54, 1.807) is 0 Å². The number of rotatable bonds is 9. The molecular weight excluding hydrogens is 519 g/mol. The van der Waals surface area contributed by atoms with Crippen molar-refractivity contribution < 1.29 is 22.9 Å². The van der Waals surface area contributed by atoms with E-state index in [-0.39, 0.29) is 26.9 Å². The van der Waals surface area contributed by atoms with Crippen molar-refractivity contribution in [3.8, 4) is 5.75 Å². The fourth-order valence-corrected chi connectivity index (χ4v) is 4.59. The molecule has 0 bridgehead atoms. The van der Waals surface area contributed by atoms with Gasteiger partial charge in [0.25, 0.3) is 21.6 Å². The lowest BCUT2D eigenvalue weighted by Crippen LogP contribution is -2.39. The molecule has 0 aliphatic carbocycles. The highest BCUT2D eigenvalue weighted by molar-refractivity contribution is 7.92. The molecule has 0 atom stereocenters. The van der Waals surface area contributed by atoms with E-state index >= 15 is 0 Å². The van der Waals surface area contributed by atoms with Crippen LogP contribution in [0, 0.1) is 10.1 Å². The summed E-state index contributed by atoms with van der Waals surface area (Å²) in [5, 5.41) is 15.3. The number of benzene rings is 3. The van der Waals surface area contributed by atoms with Gasteiger partial charge in [-0.1, -0.05) is 23.2 Å². The first-order valence-corrected chi connectivity index (χ1v) is 12.0. The number of hydrazone groups is 1. The largest absolute Gasteiger partial charge is 0.497 e. The number of carbonyl (C=O) groups is 1. The van der Waals surface area contributed by atoms with Crippen LogP contribution in [0.15, 0.2) is 76.7 Å². The Kier molecular flexibility index (Phi) is 8.28. The van der Waals surface area contributed by atoms with Gasteiger partial charge >= 0.3 is 0 Å². The molecule has 13 heteroatoms. The number of hydrogen-bond acceptors (Lipinski definition) is 7. The summed E-state index contributed by atoms with van der Waals surface area (Å²) >= 11 is 11.9. The quantitative estimate of drug-likeness (QED) is 0.247. The minimum absolute atomic E-state index is 0.0621. The third-order valence-corrected chi connectivity index (χ3v) is 7.02. The van der Waals surface area contributed by atoms with E-state index in [1.807, 2.05) is 0 Å². The van der Waals surface area contributed by atoms with E-state index < -0.39 is 27.4 Å². The Bertz CT molecular complexity index is 1360. The third kappa shape index (κ3) is 6.47. The van der Waals surface area contributed by atoms with E-state index in [0.717, 1.165) is 10.5 Å². The molecule has 182 valence electrons. The molecule has 0 unspecified atom stereocenters. The second kappa shape index (κ2) is 11.2. The first-order valence-electron chi connectivity index (χ1n) is 9.80. The second-order valence-corrected chi connectivity index (χ2v) is 9.63. The average Bonchev–Trinajstić information content (AvgIpc) is 2.84. The van der Waals surface area contributed by atoms with Gasteiger partial charge in [-0.15, -0.1) is 0 Å². The van der Waals surface area contributed by atoms with Crippen molar-refractivity contribution in [2.45, 2.75) is 4.90 Å². The van der Waals surface area contributed by atoms with Crippen molar-refractivity contribution in [1.82, 2.24) is 5.43 Å². The van der Waals surface area contributed by atoms with Crippen molar-refractivity contribution >= 4 is 56.7 Å². The van der Waals surface area contributed by atoms with E-state index in [9.17, 15) is 23.3 Å². The fourth-order valence-electron chi connectivity index (χ4n) is 2.88. The van der Waals surface area contributed by atoms with E-state index in [0.29, 0.717) is 10.8 Å². The van der Waals surface area contributed by atoms with E-state index in [2.05, 4.69) is 10.5 Å². The highest BCUT2D eigenvalue weighted by Crippen LogP contribution is 2.26. The lowest BCUT2D eigenvalue weighted by Gasteiger charge is -2.23. The lowest BCUT2D eigenvalue weighted by molar-refractivity contribution is -0.384. The van der Waals surface area contributed by atoms with Gasteiger partial charge in [-0.2, -0.15) is 5.10 Å². The zero-order chi connectivity index (χ0) is 25.6. The maximum Gasteiger partial charge on any atom is 0.270 e. The number of sulfonamides is 1. The van der Waals surface area contributed by atoms with Crippen molar-refractivity contribution in [2.75, 3.05) is 18.0 Å². The van der Waals surface area contributed by atoms with Crippen LogP contribution in [0.5, 0.6) is 5.75 Å². The molecule has 1 N–H and O–H groups in total. The van der Waals surface area contributed by atoms with Crippen LogP contribution >= 0.6 is 23.2 Å². The maximum absolute atomic E-state index is 13.3. The number of amides is 1. The van der Waals surface area contributed by atoms with Crippen molar-refractivity contribution in [3.05, 3.63) is 92.5 Å². The number of carbonyl (C=O) groups excluding carboxylic acids is 1. The molecule has 35 heavy (non-hydrogen) atoms. The lowest BCUT2D eigenvalue weighted by atomic mass is 10.2. The summed E-state index contributed by atoms with van der Waals surface area (Å²) in [5.74, 6) is -0.302. The highest BCUT2D eigenvalue weighted by atomic mass is 35.5. The van der Waals surface area contributed by atoms with Gasteiger partial charge in [-0.25, -0.2) is 13.8 Å². The van der Waals surface area contributed by atoms with Crippen LogP contribution in [-0.2, 0) is 14.8 Å². The van der Waals surface area contributed by atoms with Crippen molar-refractivity contribution in [1.29, 1.82) is 0 Å². The molecule has 0 saturated heterocycles. The number of nitrogens with one attached hydrogen (secondary N) is 1. The van der Waals surface area contributed by atoms with E-state index in [4.69, 9.17) is 27.9 Å². The zero-order valence-electron chi connectivity index (χ0n) is 18.1. The van der Waals surface area contributed by atoms with Crippen LogP contribution in [0.3, 0.4) is 0 Å². The van der Waals surface area contributed by atoms with Crippen LogP contribution in [-0.4, -0.2) is 39.1 Å². The number of halogens is 2. The zero-order valence-corrected chi connectivity index (χ0v) is 20.4. The molecule has 0 fully saturated rings. The van der Waals surface area contributed by atoms with E-state index in [1.165, 1.54) is 73.8 Å². The van der Waals surface area contributed by atoms with Crippen LogP contribution < -0.4 is 14.5 Å². The molecule has 0 saturated carbocycles. The number of hydrogen-bond donors (Lipinski definition) is 1.